The van der Waals surface area contributed by atoms with Crippen molar-refractivity contribution in [3.05, 3.63) is 24.3 Å². The summed E-state index contributed by atoms with van der Waals surface area (Å²) in [6.07, 6.45) is 0.583. The second-order valence-corrected chi connectivity index (χ2v) is 8.01. The number of ether oxygens (including phenoxy) is 1. The SMILES string of the molecule is COc1ccccc1SCC(C)CNC(=O)CC1CSCCN1.Cl. The Morgan fingerprint density at radius 2 is 2.29 bits per heavy atom. The second kappa shape index (κ2) is 11.9. The Morgan fingerprint density at radius 3 is 3.00 bits per heavy atom. The summed E-state index contributed by atoms with van der Waals surface area (Å²) in [7, 11) is 1.70. The highest BCUT2D eigenvalue weighted by molar-refractivity contribution is 7.99. The third-order valence-electron chi connectivity index (χ3n) is 3.67. The Morgan fingerprint density at radius 1 is 1.50 bits per heavy atom. The summed E-state index contributed by atoms with van der Waals surface area (Å²) in [6.45, 7) is 3.90. The molecule has 2 rings (SSSR count). The average molecular weight is 391 g/mol. The maximum atomic E-state index is 12.0. The van der Waals surface area contributed by atoms with Gasteiger partial charge in [0.2, 0.25) is 5.91 Å². The first kappa shape index (κ1) is 21.5. The van der Waals surface area contributed by atoms with Crippen LogP contribution in [0.3, 0.4) is 0 Å². The van der Waals surface area contributed by atoms with E-state index in [2.05, 4.69) is 23.6 Å². The van der Waals surface area contributed by atoms with Gasteiger partial charge in [-0.1, -0.05) is 19.1 Å². The van der Waals surface area contributed by atoms with Crippen LogP contribution in [0.25, 0.3) is 0 Å². The van der Waals surface area contributed by atoms with Gasteiger partial charge in [0.1, 0.15) is 5.75 Å². The predicted octanol–water partition coefficient (Wildman–Crippen LogP) is 3.06. The Labute approximate surface area is 159 Å². The van der Waals surface area contributed by atoms with Crippen LogP contribution in [-0.4, -0.2) is 49.4 Å². The first-order valence-corrected chi connectivity index (χ1v) is 10.2. The lowest BCUT2D eigenvalue weighted by atomic mass is 10.2. The molecule has 1 amide bonds. The molecule has 0 aromatic heterocycles. The van der Waals surface area contributed by atoms with E-state index in [1.54, 1.807) is 18.9 Å². The Balaban J connectivity index is 0.00000288. The molecule has 1 fully saturated rings. The van der Waals surface area contributed by atoms with Crippen LogP contribution in [0.2, 0.25) is 0 Å². The molecule has 24 heavy (non-hydrogen) atoms. The summed E-state index contributed by atoms with van der Waals surface area (Å²) >= 11 is 3.70. The number of thioether (sulfide) groups is 2. The van der Waals surface area contributed by atoms with Crippen LogP contribution in [0.1, 0.15) is 13.3 Å². The quantitative estimate of drug-likeness (QED) is 0.668. The van der Waals surface area contributed by atoms with E-state index < -0.39 is 0 Å². The second-order valence-electron chi connectivity index (χ2n) is 5.80. The third kappa shape index (κ3) is 7.55. The van der Waals surface area contributed by atoms with E-state index in [1.807, 2.05) is 30.0 Å². The molecule has 1 aliphatic rings. The Bertz CT molecular complexity index is 499. The smallest absolute Gasteiger partial charge is 0.221 e. The topological polar surface area (TPSA) is 50.4 Å². The van der Waals surface area contributed by atoms with Gasteiger partial charge in [0.05, 0.1) is 7.11 Å². The average Bonchev–Trinajstić information content (AvgIpc) is 2.59. The molecule has 1 aromatic rings. The normalized spacial score (nSPS) is 18.3. The summed E-state index contributed by atoms with van der Waals surface area (Å²) in [5.74, 6) is 4.62. The number of amides is 1. The number of nitrogens with one attached hydrogen (secondary N) is 2. The number of carbonyl (C=O) groups excluding carboxylic acids is 1. The zero-order valence-corrected chi connectivity index (χ0v) is 16.7. The first-order valence-electron chi connectivity index (χ1n) is 8.02. The van der Waals surface area contributed by atoms with Gasteiger partial charge in [-0.3, -0.25) is 4.79 Å². The number of hydrogen-bond acceptors (Lipinski definition) is 5. The van der Waals surface area contributed by atoms with Crippen LogP contribution in [0, 0.1) is 5.92 Å². The lowest BCUT2D eigenvalue weighted by Gasteiger charge is -2.23. The van der Waals surface area contributed by atoms with E-state index >= 15 is 0 Å². The van der Waals surface area contributed by atoms with Crippen molar-refractivity contribution in [3.8, 4) is 5.75 Å². The minimum atomic E-state index is 0. The fourth-order valence-electron chi connectivity index (χ4n) is 2.36. The Hall–Kier alpha value is -0.560. The minimum absolute atomic E-state index is 0. The molecule has 1 saturated heterocycles. The van der Waals surface area contributed by atoms with Crippen LogP contribution >= 0.6 is 35.9 Å². The van der Waals surface area contributed by atoms with Gasteiger partial charge in [-0.15, -0.1) is 24.2 Å². The van der Waals surface area contributed by atoms with Crippen molar-refractivity contribution >= 4 is 41.8 Å². The number of para-hydroxylation sites is 1. The lowest BCUT2D eigenvalue weighted by molar-refractivity contribution is -0.121. The molecule has 2 atom stereocenters. The molecule has 7 heteroatoms. The molecule has 0 saturated carbocycles. The number of hydrogen-bond donors (Lipinski definition) is 2. The summed E-state index contributed by atoms with van der Waals surface area (Å²) in [5.41, 5.74) is 0. The van der Waals surface area contributed by atoms with Crippen molar-refractivity contribution in [2.75, 3.05) is 37.5 Å². The number of rotatable bonds is 8. The van der Waals surface area contributed by atoms with Crippen LogP contribution in [0.5, 0.6) is 5.75 Å². The van der Waals surface area contributed by atoms with Crippen molar-refractivity contribution in [3.63, 3.8) is 0 Å². The fourth-order valence-corrected chi connectivity index (χ4v) is 4.36. The van der Waals surface area contributed by atoms with Crippen LogP contribution in [0.15, 0.2) is 29.2 Å². The molecule has 1 heterocycles. The Kier molecular flexibility index (Phi) is 10.7. The highest BCUT2D eigenvalue weighted by Gasteiger charge is 2.17. The number of methoxy groups -OCH3 is 1. The standard InChI is InChI=1S/C17H26N2O2S2.ClH/c1-13(11-23-16-6-4-3-5-15(16)21-2)10-19-17(20)9-14-12-22-8-7-18-14;/h3-6,13-14,18H,7-12H2,1-2H3,(H,19,20);1H. The van der Waals surface area contributed by atoms with Crippen LogP contribution < -0.4 is 15.4 Å². The zero-order valence-electron chi connectivity index (χ0n) is 14.2. The van der Waals surface area contributed by atoms with Gasteiger partial charge >= 0.3 is 0 Å². The minimum Gasteiger partial charge on any atom is -0.496 e. The predicted molar refractivity (Wildman–Crippen MR) is 107 cm³/mol. The first-order chi connectivity index (χ1) is 11.2. The summed E-state index contributed by atoms with van der Waals surface area (Å²) < 4.78 is 5.36. The molecule has 2 unspecified atom stereocenters. The van der Waals surface area contributed by atoms with E-state index in [0.29, 0.717) is 18.4 Å². The lowest BCUT2D eigenvalue weighted by Crippen LogP contribution is -2.42. The molecular formula is C17H27ClN2O2S2. The molecule has 0 spiro atoms. The van der Waals surface area contributed by atoms with Crippen LogP contribution in [0.4, 0.5) is 0 Å². The van der Waals surface area contributed by atoms with Gasteiger partial charge in [0.25, 0.3) is 0 Å². The van der Waals surface area contributed by atoms with Crippen molar-refractivity contribution in [1.82, 2.24) is 10.6 Å². The maximum Gasteiger partial charge on any atom is 0.221 e. The number of carbonyl (C=O) groups is 1. The van der Waals surface area contributed by atoms with Crippen molar-refractivity contribution in [1.29, 1.82) is 0 Å². The van der Waals surface area contributed by atoms with Gasteiger partial charge < -0.3 is 15.4 Å². The van der Waals surface area contributed by atoms with Gasteiger partial charge in [-0.25, -0.2) is 0 Å². The van der Waals surface area contributed by atoms with Crippen molar-refractivity contribution in [2.45, 2.75) is 24.3 Å². The third-order valence-corrected chi connectivity index (χ3v) is 6.19. The number of halogens is 1. The monoisotopic (exact) mass is 390 g/mol. The van der Waals surface area contributed by atoms with Crippen molar-refractivity contribution in [2.24, 2.45) is 5.92 Å². The van der Waals surface area contributed by atoms with Gasteiger partial charge in [-0.2, -0.15) is 11.8 Å². The molecule has 136 valence electrons. The molecule has 2 N–H and O–H groups in total. The van der Waals surface area contributed by atoms with E-state index in [4.69, 9.17) is 4.74 Å². The molecule has 4 nitrogen and oxygen atoms in total. The summed E-state index contributed by atoms with van der Waals surface area (Å²) in [6, 6.07) is 8.37. The van der Waals surface area contributed by atoms with E-state index in [9.17, 15) is 4.79 Å². The highest BCUT2D eigenvalue weighted by atomic mass is 35.5. The summed E-state index contributed by atoms with van der Waals surface area (Å²) in [4.78, 5) is 13.2. The fraction of sp³-hybridized carbons (Fsp3) is 0.588. The molecule has 0 bridgehead atoms. The van der Waals surface area contributed by atoms with Crippen LogP contribution in [-0.2, 0) is 4.79 Å². The molecule has 1 aliphatic heterocycles. The molecule has 0 radical (unpaired) electrons. The number of benzene rings is 1. The summed E-state index contributed by atoms with van der Waals surface area (Å²) in [5, 5.41) is 6.46. The van der Waals surface area contributed by atoms with E-state index in [-0.39, 0.29) is 18.3 Å². The largest absolute Gasteiger partial charge is 0.496 e. The van der Waals surface area contributed by atoms with Gasteiger partial charge in [0.15, 0.2) is 0 Å². The molecule has 1 aromatic carbocycles. The molecule has 0 aliphatic carbocycles. The van der Waals surface area contributed by atoms with Crippen molar-refractivity contribution < 1.29 is 9.53 Å². The highest BCUT2D eigenvalue weighted by Crippen LogP contribution is 2.29. The van der Waals surface area contributed by atoms with E-state index in [0.717, 1.165) is 41.0 Å². The van der Waals surface area contributed by atoms with E-state index in [1.165, 1.54) is 0 Å². The zero-order chi connectivity index (χ0) is 16.5. The molecular weight excluding hydrogens is 364 g/mol. The van der Waals surface area contributed by atoms with Gasteiger partial charge in [-0.05, 0) is 18.1 Å². The van der Waals surface area contributed by atoms with Gasteiger partial charge in [0, 0.05) is 47.7 Å². The maximum absolute atomic E-state index is 12.0.